The smallest absolute Gasteiger partial charge is 0.226 e. The van der Waals surface area contributed by atoms with E-state index in [1.165, 1.54) is 25.9 Å². The van der Waals surface area contributed by atoms with Crippen molar-refractivity contribution in [1.29, 1.82) is 0 Å². The summed E-state index contributed by atoms with van der Waals surface area (Å²) in [4.78, 5) is 16.9. The first kappa shape index (κ1) is 11.3. The van der Waals surface area contributed by atoms with Gasteiger partial charge in [-0.15, -0.1) is 0 Å². The molecule has 0 bridgehead atoms. The van der Waals surface area contributed by atoms with Crippen molar-refractivity contribution in [2.45, 2.75) is 38.1 Å². The Morgan fingerprint density at radius 3 is 2.53 bits per heavy atom. The zero-order chi connectivity index (χ0) is 11.7. The van der Waals surface area contributed by atoms with Gasteiger partial charge in [-0.05, 0) is 45.2 Å². The van der Waals surface area contributed by atoms with Crippen molar-refractivity contribution in [2.75, 3.05) is 26.2 Å². The van der Waals surface area contributed by atoms with Crippen molar-refractivity contribution >= 4 is 5.91 Å². The number of carbonyl (C=O) groups excluding carboxylic acids is 1. The van der Waals surface area contributed by atoms with Crippen LogP contribution >= 0.6 is 0 Å². The van der Waals surface area contributed by atoms with Crippen molar-refractivity contribution in [1.82, 2.24) is 9.80 Å². The van der Waals surface area contributed by atoms with Gasteiger partial charge in [0.1, 0.15) is 0 Å². The molecule has 2 fully saturated rings. The van der Waals surface area contributed by atoms with Crippen LogP contribution in [0.15, 0.2) is 12.2 Å². The third-order valence-corrected chi connectivity index (χ3v) is 4.45. The van der Waals surface area contributed by atoms with E-state index in [4.69, 9.17) is 0 Å². The number of rotatable bonds is 2. The van der Waals surface area contributed by atoms with Crippen LogP contribution in [0.4, 0.5) is 0 Å². The van der Waals surface area contributed by atoms with Gasteiger partial charge in [0.15, 0.2) is 0 Å². The molecule has 0 saturated carbocycles. The van der Waals surface area contributed by atoms with Gasteiger partial charge in [-0.25, -0.2) is 0 Å². The highest BCUT2D eigenvalue weighted by Gasteiger charge is 2.37. The van der Waals surface area contributed by atoms with Crippen LogP contribution in [0.3, 0.4) is 0 Å². The summed E-state index contributed by atoms with van der Waals surface area (Å²) in [7, 11) is 0. The third-order valence-electron chi connectivity index (χ3n) is 4.45. The van der Waals surface area contributed by atoms with Crippen LogP contribution in [0.2, 0.25) is 0 Å². The summed E-state index contributed by atoms with van der Waals surface area (Å²) in [5, 5.41) is 0. The van der Waals surface area contributed by atoms with Crippen LogP contribution in [-0.2, 0) is 4.79 Å². The first-order valence-corrected chi connectivity index (χ1v) is 7.02. The number of allylic oxidation sites excluding steroid dienone is 2. The molecule has 3 aliphatic rings. The van der Waals surface area contributed by atoms with Crippen molar-refractivity contribution in [3.63, 3.8) is 0 Å². The molecule has 0 spiro atoms. The van der Waals surface area contributed by atoms with Gasteiger partial charge in [-0.1, -0.05) is 12.2 Å². The fraction of sp³-hybridized carbons (Fsp3) is 0.786. The predicted molar refractivity (Wildman–Crippen MR) is 67.7 cm³/mol. The van der Waals surface area contributed by atoms with E-state index >= 15 is 0 Å². The summed E-state index contributed by atoms with van der Waals surface area (Å²) >= 11 is 0. The normalized spacial score (nSPS) is 30.6. The average Bonchev–Trinajstić information content (AvgIpc) is 2.82. The van der Waals surface area contributed by atoms with Gasteiger partial charge in [0.25, 0.3) is 0 Å². The predicted octanol–water partition coefficient (Wildman–Crippen LogP) is 1.65. The molecule has 3 heteroatoms. The van der Waals surface area contributed by atoms with Gasteiger partial charge in [-0.2, -0.15) is 0 Å². The Balaban J connectivity index is 1.47. The van der Waals surface area contributed by atoms with E-state index < -0.39 is 0 Å². The summed E-state index contributed by atoms with van der Waals surface area (Å²) in [6.45, 7) is 4.47. The lowest BCUT2D eigenvalue weighted by Gasteiger charge is -2.45. The van der Waals surface area contributed by atoms with Crippen LogP contribution in [0, 0.1) is 5.92 Å². The zero-order valence-electron chi connectivity index (χ0n) is 10.5. The van der Waals surface area contributed by atoms with Gasteiger partial charge in [0, 0.05) is 25.0 Å². The van der Waals surface area contributed by atoms with Crippen LogP contribution in [0.5, 0.6) is 0 Å². The fourth-order valence-corrected chi connectivity index (χ4v) is 3.25. The van der Waals surface area contributed by atoms with E-state index in [-0.39, 0.29) is 5.92 Å². The van der Waals surface area contributed by atoms with E-state index in [1.807, 2.05) is 0 Å². The van der Waals surface area contributed by atoms with Gasteiger partial charge in [-0.3, -0.25) is 9.69 Å². The maximum atomic E-state index is 12.2. The van der Waals surface area contributed by atoms with Crippen LogP contribution < -0.4 is 0 Å². The summed E-state index contributed by atoms with van der Waals surface area (Å²) in [5.41, 5.74) is 0. The minimum absolute atomic E-state index is 0.277. The molecule has 0 aromatic rings. The van der Waals surface area contributed by atoms with E-state index in [0.29, 0.717) is 11.9 Å². The molecule has 2 aliphatic heterocycles. The number of amides is 1. The molecule has 3 nitrogen and oxygen atoms in total. The Bertz CT molecular complexity index is 314. The molecule has 3 rings (SSSR count). The number of hydrogen-bond donors (Lipinski definition) is 0. The topological polar surface area (TPSA) is 23.6 Å². The monoisotopic (exact) mass is 234 g/mol. The van der Waals surface area contributed by atoms with Crippen LogP contribution in [0.25, 0.3) is 0 Å². The Morgan fingerprint density at radius 2 is 1.88 bits per heavy atom. The summed E-state index contributed by atoms with van der Waals surface area (Å²) in [6.07, 6.45) is 10.2. The first-order chi connectivity index (χ1) is 8.34. The Morgan fingerprint density at radius 1 is 1.12 bits per heavy atom. The molecular weight excluding hydrogens is 212 g/mol. The van der Waals surface area contributed by atoms with E-state index in [9.17, 15) is 4.79 Å². The largest absolute Gasteiger partial charge is 0.339 e. The highest BCUT2D eigenvalue weighted by Crippen LogP contribution is 2.26. The van der Waals surface area contributed by atoms with Crippen LogP contribution in [-0.4, -0.2) is 47.9 Å². The fourth-order valence-electron chi connectivity index (χ4n) is 3.25. The van der Waals surface area contributed by atoms with Crippen molar-refractivity contribution in [3.8, 4) is 0 Å². The first-order valence-electron chi connectivity index (χ1n) is 7.02. The van der Waals surface area contributed by atoms with Crippen molar-refractivity contribution in [3.05, 3.63) is 12.2 Å². The summed E-state index contributed by atoms with van der Waals surface area (Å²) in [5.74, 6) is 0.685. The van der Waals surface area contributed by atoms with Gasteiger partial charge in [0.2, 0.25) is 5.91 Å². The minimum Gasteiger partial charge on any atom is -0.339 e. The lowest BCUT2D eigenvalue weighted by molar-refractivity contribution is -0.143. The highest BCUT2D eigenvalue weighted by molar-refractivity contribution is 5.80. The zero-order valence-corrected chi connectivity index (χ0v) is 10.5. The number of hydrogen-bond acceptors (Lipinski definition) is 2. The lowest BCUT2D eigenvalue weighted by atomic mass is 9.91. The maximum absolute atomic E-state index is 12.2. The third kappa shape index (κ3) is 2.25. The van der Waals surface area contributed by atoms with Gasteiger partial charge < -0.3 is 4.90 Å². The number of carbonyl (C=O) groups is 1. The molecule has 0 radical (unpaired) electrons. The van der Waals surface area contributed by atoms with E-state index in [2.05, 4.69) is 22.0 Å². The number of likely N-dealkylation sites (tertiary alicyclic amines) is 2. The second-order valence-electron chi connectivity index (χ2n) is 5.62. The van der Waals surface area contributed by atoms with Crippen molar-refractivity contribution in [2.24, 2.45) is 5.92 Å². The molecule has 1 atom stereocenters. The second-order valence-corrected chi connectivity index (χ2v) is 5.62. The average molecular weight is 234 g/mol. The SMILES string of the molecule is O=C(C1CC=CCC1)N1CC(N2CCCC2)C1. The second kappa shape index (κ2) is 4.81. The Labute approximate surface area is 103 Å². The summed E-state index contributed by atoms with van der Waals surface area (Å²) in [6, 6.07) is 0.667. The molecule has 0 aromatic heterocycles. The molecule has 94 valence electrons. The highest BCUT2D eigenvalue weighted by atomic mass is 16.2. The Kier molecular flexibility index (Phi) is 3.19. The molecule has 17 heavy (non-hydrogen) atoms. The Hall–Kier alpha value is -0.830. The maximum Gasteiger partial charge on any atom is 0.226 e. The summed E-state index contributed by atoms with van der Waals surface area (Å²) < 4.78 is 0. The molecule has 0 aromatic carbocycles. The van der Waals surface area contributed by atoms with Crippen molar-refractivity contribution < 1.29 is 4.79 Å². The van der Waals surface area contributed by atoms with Gasteiger partial charge in [0.05, 0.1) is 0 Å². The standard InChI is InChI=1S/C14H22N2O/c17-14(12-6-2-1-3-7-12)16-10-13(11-16)15-8-4-5-9-15/h1-2,12-13H,3-11H2. The number of nitrogens with zero attached hydrogens (tertiary/aromatic N) is 2. The van der Waals surface area contributed by atoms with Gasteiger partial charge >= 0.3 is 0 Å². The van der Waals surface area contributed by atoms with E-state index in [1.54, 1.807) is 0 Å². The quantitative estimate of drug-likeness (QED) is 0.678. The minimum atomic E-state index is 0.277. The molecule has 2 heterocycles. The molecule has 1 aliphatic carbocycles. The molecule has 1 unspecified atom stereocenters. The lowest BCUT2D eigenvalue weighted by Crippen LogP contribution is -2.61. The molecular formula is C14H22N2O. The molecule has 0 N–H and O–H groups in total. The van der Waals surface area contributed by atoms with E-state index in [0.717, 1.165) is 32.4 Å². The van der Waals surface area contributed by atoms with Crippen LogP contribution in [0.1, 0.15) is 32.1 Å². The molecule has 2 saturated heterocycles. The molecule has 1 amide bonds.